The smallest absolute Gasteiger partial charge is 0.305 e. The van der Waals surface area contributed by atoms with E-state index >= 15 is 0 Å². The summed E-state index contributed by atoms with van der Waals surface area (Å²) in [7, 11) is 0. The number of carboxylic acid groups (broad SMARTS) is 1. The topological polar surface area (TPSA) is 79.7 Å². The van der Waals surface area contributed by atoms with E-state index < -0.39 is 5.97 Å². The Balaban J connectivity index is 1.71. The number of likely N-dealkylation sites (tertiary alicyclic amines) is 1. The first-order valence-electron chi connectivity index (χ1n) is 7.15. The lowest BCUT2D eigenvalue weighted by atomic mass is 10.1. The summed E-state index contributed by atoms with van der Waals surface area (Å²) in [6.07, 6.45) is 5.38. The van der Waals surface area contributed by atoms with Crippen molar-refractivity contribution in [1.82, 2.24) is 9.88 Å². The van der Waals surface area contributed by atoms with Crippen LogP contribution < -0.4 is 0 Å². The number of aromatic nitrogens is 1. The average molecular weight is 292 g/mol. The predicted octanol–water partition coefficient (Wildman–Crippen LogP) is 1.11. The van der Waals surface area contributed by atoms with Crippen LogP contribution in [0.2, 0.25) is 0 Å². The third-order valence-corrected chi connectivity index (χ3v) is 3.54. The number of piperidine rings is 1. The van der Waals surface area contributed by atoms with Gasteiger partial charge in [0.2, 0.25) is 5.91 Å². The number of pyridine rings is 1. The van der Waals surface area contributed by atoms with Crippen LogP contribution in [0.1, 0.15) is 24.8 Å². The molecule has 0 aromatic carbocycles. The van der Waals surface area contributed by atoms with Crippen LogP contribution in [0.25, 0.3) is 0 Å². The molecule has 1 saturated heterocycles. The van der Waals surface area contributed by atoms with E-state index in [9.17, 15) is 9.59 Å². The van der Waals surface area contributed by atoms with E-state index in [4.69, 9.17) is 9.84 Å². The van der Waals surface area contributed by atoms with Crippen LogP contribution in [-0.2, 0) is 20.7 Å². The molecule has 0 spiro atoms. The first-order valence-corrected chi connectivity index (χ1v) is 7.15. The second-order valence-corrected chi connectivity index (χ2v) is 5.13. The number of carbonyl (C=O) groups is 2. The van der Waals surface area contributed by atoms with Crippen molar-refractivity contribution in [2.24, 2.45) is 0 Å². The number of aliphatic carboxylic acids is 1. The molecule has 1 fully saturated rings. The molecule has 0 bridgehead atoms. The maximum Gasteiger partial charge on any atom is 0.305 e. The van der Waals surface area contributed by atoms with Crippen molar-refractivity contribution in [1.29, 1.82) is 0 Å². The first kappa shape index (κ1) is 15.4. The van der Waals surface area contributed by atoms with E-state index in [1.165, 1.54) is 0 Å². The molecule has 114 valence electrons. The minimum absolute atomic E-state index is 0.0279. The van der Waals surface area contributed by atoms with Crippen LogP contribution in [0.4, 0.5) is 0 Å². The summed E-state index contributed by atoms with van der Waals surface area (Å²) in [6, 6.07) is 3.72. The number of carbonyl (C=O) groups excluding carboxylic acids is 1. The van der Waals surface area contributed by atoms with Crippen molar-refractivity contribution in [2.45, 2.75) is 31.8 Å². The Hall–Kier alpha value is -1.95. The van der Waals surface area contributed by atoms with Gasteiger partial charge in [-0.25, -0.2) is 0 Å². The van der Waals surface area contributed by atoms with Gasteiger partial charge < -0.3 is 14.7 Å². The van der Waals surface area contributed by atoms with E-state index in [0.717, 1.165) is 18.4 Å². The molecule has 0 saturated carbocycles. The van der Waals surface area contributed by atoms with Crippen LogP contribution in [-0.4, -0.2) is 52.7 Å². The van der Waals surface area contributed by atoms with Crippen molar-refractivity contribution in [2.75, 3.05) is 19.7 Å². The first-order chi connectivity index (χ1) is 10.1. The molecule has 1 aliphatic rings. The van der Waals surface area contributed by atoms with Gasteiger partial charge in [0, 0.05) is 25.5 Å². The molecule has 6 nitrogen and oxygen atoms in total. The fraction of sp³-hybridized carbons (Fsp3) is 0.533. The van der Waals surface area contributed by atoms with Gasteiger partial charge in [-0.1, -0.05) is 6.07 Å². The van der Waals surface area contributed by atoms with Crippen molar-refractivity contribution < 1.29 is 19.4 Å². The lowest BCUT2D eigenvalue weighted by Gasteiger charge is -2.32. The molecule has 1 aliphatic heterocycles. The molecule has 2 rings (SSSR count). The zero-order valence-electron chi connectivity index (χ0n) is 11.9. The lowest BCUT2D eigenvalue weighted by Crippen LogP contribution is -2.41. The summed E-state index contributed by atoms with van der Waals surface area (Å²) in [4.78, 5) is 28.4. The number of ether oxygens (including phenoxy) is 1. The Morgan fingerprint density at radius 1 is 1.38 bits per heavy atom. The Morgan fingerprint density at radius 2 is 2.14 bits per heavy atom. The van der Waals surface area contributed by atoms with Gasteiger partial charge in [-0.15, -0.1) is 0 Å². The summed E-state index contributed by atoms with van der Waals surface area (Å²) in [6.45, 7) is 1.57. The molecule has 0 atom stereocenters. The quantitative estimate of drug-likeness (QED) is 0.849. The van der Waals surface area contributed by atoms with Crippen LogP contribution in [0.15, 0.2) is 24.5 Å². The van der Waals surface area contributed by atoms with Crippen LogP contribution in [0.3, 0.4) is 0 Å². The fourth-order valence-electron chi connectivity index (χ4n) is 2.37. The van der Waals surface area contributed by atoms with Crippen molar-refractivity contribution >= 4 is 11.9 Å². The highest BCUT2D eigenvalue weighted by molar-refractivity contribution is 5.78. The molecule has 2 heterocycles. The monoisotopic (exact) mass is 292 g/mol. The van der Waals surface area contributed by atoms with Crippen LogP contribution >= 0.6 is 0 Å². The Morgan fingerprint density at radius 3 is 2.76 bits per heavy atom. The maximum atomic E-state index is 12.2. The van der Waals surface area contributed by atoms with Gasteiger partial charge in [-0.2, -0.15) is 0 Å². The molecule has 0 unspecified atom stereocenters. The highest BCUT2D eigenvalue weighted by Gasteiger charge is 2.23. The van der Waals surface area contributed by atoms with E-state index in [1.807, 2.05) is 17.0 Å². The van der Waals surface area contributed by atoms with Crippen molar-refractivity contribution in [3.63, 3.8) is 0 Å². The highest BCUT2D eigenvalue weighted by Crippen LogP contribution is 2.15. The van der Waals surface area contributed by atoms with Gasteiger partial charge in [-0.3, -0.25) is 14.6 Å². The Kier molecular flexibility index (Phi) is 5.68. The number of hydrogen-bond donors (Lipinski definition) is 1. The van der Waals surface area contributed by atoms with Gasteiger partial charge in [-0.05, 0) is 24.5 Å². The van der Waals surface area contributed by atoms with Crippen LogP contribution in [0.5, 0.6) is 0 Å². The van der Waals surface area contributed by atoms with Gasteiger partial charge in [0.1, 0.15) is 0 Å². The number of rotatable bonds is 6. The molecule has 6 heteroatoms. The van der Waals surface area contributed by atoms with Crippen molar-refractivity contribution in [3.05, 3.63) is 30.1 Å². The van der Waals surface area contributed by atoms with E-state index in [0.29, 0.717) is 19.5 Å². The minimum atomic E-state index is -0.848. The summed E-state index contributed by atoms with van der Waals surface area (Å²) in [5.74, 6) is -0.744. The summed E-state index contributed by atoms with van der Waals surface area (Å²) in [5.41, 5.74) is 0.919. The van der Waals surface area contributed by atoms with Gasteiger partial charge in [0.05, 0.1) is 25.6 Å². The zero-order chi connectivity index (χ0) is 15.1. The molecule has 0 radical (unpaired) electrons. The Bertz CT molecular complexity index is 470. The molecular weight excluding hydrogens is 272 g/mol. The number of hydrogen-bond acceptors (Lipinski definition) is 4. The van der Waals surface area contributed by atoms with E-state index in [1.54, 1.807) is 12.4 Å². The van der Waals surface area contributed by atoms with Gasteiger partial charge >= 0.3 is 5.97 Å². The summed E-state index contributed by atoms with van der Waals surface area (Å²) < 4.78 is 5.51. The second kappa shape index (κ2) is 7.73. The molecule has 21 heavy (non-hydrogen) atoms. The molecule has 1 aromatic heterocycles. The summed E-state index contributed by atoms with van der Waals surface area (Å²) in [5, 5.41) is 8.56. The third kappa shape index (κ3) is 5.15. The second-order valence-electron chi connectivity index (χ2n) is 5.13. The van der Waals surface area contributed by atoms with E-state index in [2.05, 4.69) is 4.98 Å². The van der Waals surface area contributed by atoms with Crippen molar-refractivity contribution in [3.8, 4) is 0 Å². The third-order valence-electron chi connectivity index (χ3n) is 3.54. The fourth-order valence-corrected chi connectivity index (χ4v) is 2.37. The highest BCUT2D eigenvalue weighted by atomic mass is 16.5. The lowest BCUT2D eigenvalue weighted by molar-refractivity contribution is -0.139. The summed E-state index contributed by atoms with van der Waals surface area (Å²) >= 11 is 0. The average Bonchev–Trinajstić information content (AvgIpc) is 2.48. The minimum Gasteiger partial charge on any atom is -0.481 e. The zero-order valence-corrected chi connectivity index (χ0v) is 11.9. The number of amides is 1. The molecule has 0 aliphatic carbocycles. The molecule has 1 N–H and O–H groups in total. The molecular formula is C15H20N2O4. The standard InChI is InChI=1S/C15H20N2O4/c18-14(10-12-2-1-6-16-11-12)17-7-3-13(4-8-17)21-9-5-15(19)20/h1-2,6,11,13H,3-5,7-10H2,(H,19,20). The van der Waals surface area contributed by atoms with Gasteiger partial charge in [0.25, 0.3) is 0 Å². The van der Waals surface area contributed by atoms with Gasteiger partial charge in [0.15, 0.2) is 0 Å². The SMILES string of the molecule is O=C(O)CCOC1CCN(C(=O)Cc2cccnc2)CC1. The number of carboxylic acids is 1. The van der Waals surface area contributed by atoms with E-state index in [-0.39, 0.29) is 25.0 Å². The Labute approximate surface area is 123 Å². The maximum absolute atomic E-state index is 12.2. The normalized spacial score (nSPS) is 15.9. The molecule has 1 aromatic rings. The number of nitrogens with zero attached hydrogens (tertiary/aromatic N) is 2. The predicted molar refractivity (Wildman–Crippen MR) is 75.7 cm³/mol. The molecule has 1 amide bonds. The largest absolute Gasteiger partial charge is 0.481 e. The van der Waals surface area contributed by atoms with Crippen LogP contribution in [0, 0.1) is 0 Å².